The van der Waals surface area contributed by atoms with Crippen LogP contribution < -0.4 is 5.32 Å². The lowest BCUT2D eigenvalue weighted by atomic mass is 10.1. The van der Waals surface area contributed by atoms with Crippen LogP contribution in [0.1, 0.15) is 22.4 Å². The zero-order valence-corrected chi connectivity index (χ0v) is 10.6. The molecule has 0 aliphatic rings. The van der Waals surface area contributed by atoms with Crippen LogP contribution in [0.2, 0.25) is 0 Å². The quantitative estimate of drug-likeness (QED) is 0.878. The standard InChI is InChI=1S/C11H16N4S/c1-8-13-11(7-16-8)10(12-2)6-9-4-5-15(3)14-9/h4-5,7,10,12H,6H2,1-3H3. The minimum absolute atomic E-state index is 0.250. The summed E-state index contributed by atoms with van der Waals surface area (Å²) in [6.07, 6.45) is 2.84. The lowest BCUT2D eigenvalue weighted by Crippen LogP contribution is -2.19. The van der Waals surface area contributed by atoms with E-state index in [0.717, 1.165) is 22.8 Å². The second-order valence-electron chi connectivity index (χ2n) is 3.82. The van der Waals surface area contributed by atoms with Gasteiger partial charge in [0.05, 0.1) is 22.4 Å². The zero-order chi connectivity index (χ0) is 11.5. The molecule has 0 radical (unpaired) electrons. The number of likely N-dealkylation sites (N-methyl/N-ethyl adjacent to an activating group) is 1. The molecule has 0 aliphatic heterocycles. The molecule has 1 unspecified atom stereocenters. The predicted octanol–water partition coefficient (Wildman–Crippen LogP) is 1.69. The minimum Gasteiger partial charge on any atom is -0.311 e. The van der Waals surface area contributed by atoms with Gasteiger partial charge in [0.25, 0.3) is 0 Å². The summed E-state index contributed by atoms with van der Waals surface area (Å²) in [6.45, 7) is 2.03. The summed E-state index contributed by atoms with van der Waals surface area (Å²) in [5, 5.41) is 10.9. The summed E-state index contributed by atoms with van der Waals surface area (Å²) in [4.78, 5) is 4.51. The van der Waals surface area contributed by atoms with Gasteiger partial charge in [-0.05, 0) is 20.0 Å². The third-order valence-corrected chi connectivity index (χ3v) is 3.32. The van der Waals surface area contributed by atoms with Crippen molar-refractivity contribution in [3.8, 4) is 0 Å². The molecule has 4 nitrogen and oxygen atoms in total. The molecule has 5 heteroatoms. The van der Waals surface area contributed by atoms with E-state index in [1.807, 2.05) is 38.0 Å². The monoisotopic (exact) mass is 236 g/mol. The first-order valence-electron chi connectivity index (χ1n) is 5.27. The van der Waals surface area contributed by atoms with Crippen LogP contribution in [0.25, 0.3) is 0 Å². The molecule has 0 aliphatic carbocycles. The van der Waals surface area contributed by atoms with Crippen molar-refractivity contribution < 1.29 is 0 Å². The highest BCUT2D eigenvalue weighted by Gasteiger charge is 2.14. The third kappa shape index (κ3) is 2.48. The van der Waals surface area contributed by atoms with Gasteiger partial charge in [0.2, 0.25) is 0 Å². The summed E-state index contributed by atoms with van der Waals surface area (Å²) in [7, 11) is 3.90. The fourth-order valence-electron chi connectivity index (χ4n) is 1.68. The summed E-state index contributed by atoms with van der Waals surface area (Å²) < 4.78 is 1.83. The molecule has 0 bridgehead atoms. The summed E-state index contributed by atoms with van der Waals surface area (Å²) >= 11 is 1.69. The van der Waals surface area contributed by atoms with Gasteiger partial charge in [-0.3, -0.25) is 4.68 Å². The number of aryl methyl sites for hydroxylation is 2. The lowest BCUT2D eigenvalue weighted by Gasteiger charge is -2.11. The average Bonchev–Trinajstić information content (AvgIpc) is 2.84. The van der Waals surface area contributed by atoms with Crippen molar-refractivity contribution in [1.29, 1.82) is 0 Å². The second kappa shape index (κ2) is 4.76. The van der Waals surface area contributed by atoms with Gasteiger partial charge >= 0.3 is 0 Å². The van der Waals surface area contributed by atoms with Crippen LogP contribution in [-0.2, 0) is 13.5 Å². The third-order valence-electron chi connectivity index (χ3n) is 2.52. The Hall–Kier alpha value is -1.20. The molecule has 0 fully saturated rings. The number of nitrogens with zero attached hydrogens (tertiary/aromatic N) is 3. The van der Waals surface area contributed by atoms with Gasteiger partial charge in [-0.15, -0.1) is 11.3 Å². The van der Waals surface area contributed by atoms with E-state index in [-0.39, 0.29) is 6.04 Å². The minimum atomic E-state index is 0.250. The first kappa shape index (κ1) is 11.3. The van der Waals surface area contributed by atoms with Crippen molar-refractivity contribution in [3.63, 3.8) is 0 Å². The molecule has 0 spiro atoms. The molecule has 2 heterocycles. The van der Waals surface area contributed by atoms with Crippen LogP contribution in [0.5, 0.6) is 0 Å². The molecular weight excluding hydrogens is 220 g/mol. The maximum atomic E-state index is 4.51. The van der Waals surface area contributed by atoms with E-state index in [9.17, 15) is 0 Å². The van der Waals surface area contributed by atoms with Crippen LogP contribution in [0.15, 0.2) is 17.6 Å². The van der Waals surface area contributed by atoms with E-state index in [4.69, 9.17) is 0 Å². The molecule has 16 heavy (non-hydrogen) atoms. The molecule has 0 amide bonds. The van der Waals surface area contributed by atoms with Crippen molar-refractivity contribution in [2.45, 2.75) is 19.4 Å². The lowest BCUT2D eigenvalue weighted by molar-refractivity contribution is 0.565. The molecule has 0 saturated carbocycles. The second-order valence-corrected chi connectivity index (χ2v) is 4.88. The molecule has 1 N–H and O–H groups in total. The fraction of sp³-hybridized carbons (Fsp3) is 0.455. The van der Waals surface area contributed by atoms with E-state index in [1.54, 1.807) is 11.3 Å². The van der Waals surface area contributed by atoms with Crippen molar-refractivity contribution in [2.75, 3.05) is 7.05 Å². The van der Waals surface area contributed by atoms with E-state index in [0.29, 0.717) is 0 Å². The maximum Gasteiger partial charge on any atom is 0.0898 e. The average molecular weight is 236 g/mol. The molecule has 0 aromatic carbocycles. The number of hydrogen-bond donors (Lipinski definition) is 1. The first-order chi connectivity index (χ1) is 7.69. The fourth-order valence-corrected chi connectivity index (χ4v) is 2.34. The topological polar surface area (TPSA) is 42.7 Å². The van der Waals surface area contributed by atoms with Gasteiger partial charge in [-0.25, -0.2) is 4.98 Å². The molecule has 2 aromatic rings. The Labute approximate surface area is 99.3 Å². The highest BCUT2D eigenvalue weighted by molar-refractivity contribution is 7.09. The van der Waals surface area contributed by atoms with E-state index in [1.165, 1.54) is 0 Å². The van der Waals surface area contributed by atoms with E-state index in [2.05, 4.69) is 20.8 Å². The first-order valence-corrected chi connectivity index (χ1v) is 6.15. The number of rotatable bonds is 4. The summed E-state index contributed by atoms with van der Waals surface area (Å²) in [5.41, 5.74) is 2.20. The molecule has 1 atom stereocenters. The highest BCUT2D eigenvalue weighted by atomic mass is 32.1. The van der Waals surface area contributed by atoms with Crippen LogP contribution in [0, 0.1) is 6.92 Å². The number of hydrogen-bond acceptors (Lipinski definition) is 4. The SMILES string of the molecule is CNC(Cc1ccn(C)n1)c1csc(C)n1. The zero-order valence-electron chi connectivity index (χ0n) is 9.77. The number of aromatic nitrogens is 3. The van der Waals surface area contributed by atoms with Gasteiger partial charge in [0.15, 0.2) is 0 Å². The Morgan fingerprint density at radius 2 is 2.38 bits per heavy atom. The Balaban J connectivity index is 2.12. The van der Waals surface area contributed by atoms with Crippen LogP contribution in [-0.4, -0.2) is 21.8 Å². The smallest absolute Gasteiger partial charge is 0.0898 e. The molecule has 2 rings (SSSR count). The highest BCUT2D eigenvalue weighted by Crippen LogP contribution is 2.19. The van der Waals surface area contributed by atoms with Crippen LogP contribution >= 0.6 is 11.3 Å². The molecular formula is C11H16N4S. The molecule has 0 saturated heterocycles. The Morgan fingerprint density at radius 1 is 1.56 bits per heavy atom. The Bertz CT molecular complexity index is 460. The van der Waals surface area contributed by atoms with Crippen LogP contribution in [0.4, 0.5) is 0 Å². The molecule has 86 valence electrons. The number of nitrogens with one attached hydrogen (secondary N) is 1. The summed E-state index contributed by atoms with van der Waals surface area (Å²) in [6, 6.07) is 2.30. The van der Waals surface area contributed by atoms with Crippen LogP contribution in [0.3, 0.4) is 0 Å². The van der Waals surface area contributed by atoms with Gasteiger partial charge < -0.3 is 5.32 Å². The molecule has 2 aromatic heterocycles. The van der Waals surface area contributed by atoms with Crippen molar-refractivity contribution in [3.05, 3.63) is 34.0 Å². The van der Waals surface area contributed by atoms with Crippen molar-refractivity contribution in [2.24, 2.45) is 7.05 Å². The van der Waals surface area contributed by atoms with Gasteiger partial charge in [0.1, 0.15) is 0 Å². The van der Waals surface area contributed by atoms with Crippen molar-refractivity contribution >= 4 is 11.3 Å². The van der Waals surface area contributed by atoms with E-state index >= 15 is 0 Å². The van der Waals surface area contributed by atoms with E-state index < -0.39 is 0 Å². The Kier molecular flexibility index (Phi) is 3.36. The largest absolute Gasteiger partial charge is 0.311 e. The predicted molar refractivity (Wildman–Crippen MR) is 65.6 cm³/mol. The maximum absolute atomic E-state index is 4.51. The summed E-state index contributed by atoms with van der Waals surface area (Å²) in [5.74, 6) is 0. The van der Waals surface area contributed by atoms with Gasteiger partial charge in [-0.1, -0.05) is 0 Å². The van der Waals surface area contributed by atoms with Gasteiger partial charge in [0, 0.05) is 25.0 Å². The Morgan fingerprint density at radius 3 is 2.88 bits per heavy atom. The normalized spacial score (nSPS) is 12.9. The number of thiazole rings is 1. The van der Waals surface area contributed by atoms with Crippen molar-refractivity contribution in [1.82, 2.24) is 20.1 Å². The van der Waals surface area contributed by atoms with Gasteiger partial charge in [-0.2, -0.15) is 5.10 Å².